The summed E-state index contributed by atoms with van der Waals surface area (Å²) in [5.74, 6) is -2.41. The molecule has 0 saturated carbocycles. The van der Waals surface area contributed by atoms with Gasteiger partial charge >= 0.3 is 0 Å². The van der Waals surface area contributed by atoms with Gasteiger partial charge in [-0.25, -0.2) is 13.8 Å². The fraction of sp³-hybridized carbons (Fsp3) is 0.211. The quantitative estimate of drug-likeness (QED) is 0.583. The Bertz CT molecular complexity index is 1050. The highest BCUT2D eigenvalue weighted by molar-refractivity contribution is 7.18. The molecule has 3 rings (SSSR count). The van der Waals surface area contributed by atoms with E-state index in [2.05, 4.69) is 15.6 Å². The summed E-state index contributed by atoms with van der Waals surface area (Å²) in [6.07, 6.45) is 0. The fourth-order valence-corrected chi connectivity index (χ4v) is 4.28. The molecule has 0 unspecified atom stereocenters. The summed E-state index contributed by atoms with van der Waals surface area (Å²) >= 11 is 2.81. The molecule has 0 radical (unpaired) electrons. The molecule has 0 bridgehead atoms. The van der Waals surface area contributed by atoms with Gasteiger partial charge in [0.05, 0.1) is 17.1 Å². The Balaban J connectivity index is 1.61. The van der Waals surface area contributed by atoms with Crippen LogP contribution in [0.2, 0.25) is 0 Å². The molecule has 0 aliphatic heterocycles. The molecule has 2 amide bonds. The first kappa shape index (κ1) is 20.9. The molecule has 2 aromatic heterocycles. The van der Waals surface area contributed by atoms with Crippen LogP contribution in [-0.4, -0.2) is 23.4 Å². The van der Waals surface area contributed by atoms with Gasteiger partial charge in [-0.2, -0.15) is 0 Å². The molecule has 2 heterocycles. The molecular formula is C19H17F2N3O3S2. The molecule has 2 N–H and O–H groups in total. The summed E-state index contributed by atoms with van der Waals surface area (Å²) in [5.41, 5.74) is 0.745. The second-order valence-electron chi connectivity index (χ2n) is 6.01. The molecule has 0 fully saturated rings. The molecule has 0 aliphatic carbocycles. The summed E-state index contributed by atoms with van der Waals surface area (Å²) in [7, 11) is 0. The number of aromatic nitrogens is 1. The Morgan fingerprint density at radius 1 is 1.17 bits per heavy atom. The third-order valence-electron chi connectivity index (χ3n) is 3.70. The molecule has 0 atom stereocenters. The van der Waals surface area contributed by atoms with Crippen LogP contribution in [0.5, 0.6) is 5.75 Å². The van der Waals surface area contributed by atoms with E-state index in [1.165, 1.54) is 29.6 Å². The summed E-state index contributed by atoms with van der Waals surface area (Å²) in [6.45, 7) is 3.36. The van der Waals surface area contributed by atoms with Crippen molar-refractivity contribution in [2.24, 2.45) is 0 Å². The number of rotatable bonds is 7. The van der Waals surface area contributed by atoms with Gasteiger partial charge in [-0.1, -0.05) is 0 Å². The van der Waals surface area contributed by atoms with Crippen LogP contribution in [0.15, 0.2) is 30.3 Å². The number of hydrogen-bond donors (Lipinski definition) is 2. The number of anilines is 1. The fourth-order valence-electron chi connectivity index (χ4n) is 2.38. The van der Waals surface area contributed by atoms with Crippen molar-refractivity contribution in [1.29, 1.82) is 0 Å². The largest absolute Gasteiger partial charge is 0.481 e. The van der Waals surface area contributed by atoms with Crippen molar-refractivity contribution in [1.82, 2.24) is 10.3 Å². The monoisotopic (exact) mass is 437 g/mol. The van der Waals surface area contributed by atoms with Crippen LogP contribution < -0.4 is 15.4 Å². The van der Waals surface area contributed by atoms with Gasteiger partial charge in [0, 0.05) is 22.7 Å². The number of aryl methyl sites for hydroxylation is 1. The lowest BCUT2D eigenvalue weighted by Gasteiger charge is -2.06. The lowest BCUT2D eigenvalue weighted by Crippen LogP contribution is -2.20. The van der Waals surface area contributed by atoms with E-state index >= 15 is 0 Å². The first-order chi connectivity index (χ1) is 13.8. The zero-order chi connectivity index (χ0) is 21.0. The van der Waals surface area contributed by atoms with Crippen LogP contribution >= 0.6 is 22.7 Å². The molecule has 1 aromatic carbocycles. The lowest BCUT2D eigenvalue weighted by molar-refractivity contribution is -0.119. The molecule has 3 aromatic rings. The number of benzene rings is 1. The van der Waals surface area contributed by atoms with Crippen LogP contribution in [0.25, 0.3) is 10.6 Å². The number of halogens is 2. The molecule has 6 nitrogen and oxygen atoms in total. The summed E-state index contributed by atoms with van der Waals surface area (Å²) < 4.78 is 31.5. The Hall–Kier alpha value is -2.85. The Kier molecular flexibility index (Phi) is 6.55. The maximum Gasteiger partial charge on any atom is 0.264 e. The number of nitrogens with one attached hydrogen (secondary N) is 2. The number of thiazole rings is 1. The predicted octanol–water partition coefficient (Wildman–Crippen LogP) is 4.11. The first-order valence-electron chi connectivity index (χ1n) is 8.50. The van der Waals surface area contributed by atoms with E-state index in [1.54, 1.807) is 0 Å². The zero-order valence-corrected chi connectivity index (χ0v) is 17.2. The molecule has 10 heteroatoms. The molecule has 29 heavy (non-hydrogen) atoms. The normalized spacial score (nSPS) is 10.6. The number of nitrogens with zero attached hydrogens (tertiary/aromatic N) is 1. The van der Waals surface area contributed by atoms with Crippen molar-refractivity contribution in [3.63, 3.8) is 0 Å². The maximum atomic E-state index is 13.5. The van der Waals surface area contributed by atoms with Crippen LogP contribution in [0, 0.1) is 18.6 Å². The van der Waals surface area contributed by atoms with E-state index in [-0.39, 0.29) is 11.7 Å². The average Bonchev–Trinajstić information content (AvgIpc) is 3.25. The lowest BCUT2D eigenvalue weighted by atomic mass is 10.3. The summed E-state index contributed by atoms with van der Waals surface area (Å²) in [6, 6.07) is 6.69. The number of thiophene rings is 1. The number of carbonyl (C=O) groups excluding carboxylic acids is 2. The van der Waals surface area contributed by atoms with Crippen LogP contribution in [0.1, 0.15) is 16.7 Å². The van der Waals surface area contributed by atoms with Gasteiger partial charge in [0.2, 0.25) is 5.91 Å². The topological polar surface area (TPSA) is 80.3 Å². The van der Waals surface area contributed by atoms with Gasteiger partial charge < -0.3 is 10.1 Å². The first-order valence-corrected chi connectivity index (χ1v) is 10.1. The highest BCUT2D eigenvalue weighted by Crippen LogP contribution is 2.34. The third-order valence-corrected chi connectivity index (χ3v) is 5.68. The van der Waals surface area contributed by atoms with Crippen molar-refractivity contribution in [2.45, 2.75) is 20.4 Å². The highest BCUT2D eigenvalue weighted by Gasteiger charge is 2.15. The van der Waals surface area contributed by atoms with E-state index < -0.39 is 24.1 Å². The molecule has 0 spiro atoms. The van der Waals surface area contributed by atoms with E-state index in [0.29, 0.717) is 17.7 Å². The number of hydrogen-bond acceptors (Lipinski definition) is 6. The molecule has 0 aliphatic rings. The second-order valence-corrected chi connectivity index (χ2v) is 8.38. The van der Waals surface area contributed by atoms with Gasteiger partial charge in [0.25, 0.3) is 5.91 Å². The SMILES string of the molecule is CC(=O)NCc1ccc(-c2nc(NC(=O)COc3ccc(F)cc3F)sc2C)s1. The Labute approximate surface area is 173 Å². The minimum Gasteiger partial charge on any atom is -0.481 e. The average molecular weight is 437 g/mol. The van der Waals surface area contributed by atoms with E-state index in [9.17, 15) is 18.4 Å². The Morgan fingerprint density at radius 2 is 1.97 bits per heavy atom. The smallest absolute Gasteiger partial charge is 0.264 e. The van der Waals surface area contributed by atoms with Gasteiger partial charge in [0.15, 0.2) is 23.3 Å². The van der Waals surface area contributed by atoms with Gasteiger partial charge in [0.1, 0.15) is 5.82 Å². The van der Waals surface area contributed by atoms with Gasteiger partial charge in [-0.15, -0.1) is 22.7 Å². The van der Waals surface area contributed by atoms with Crippen LogP contribution in [0.3, 0.4) is 0 Å². The maximum absolute atomic E-state index is 13.5. The number of amides is 2. The predicted molar refractivity (Wildman–Crippen MR) is 108 cm³/mol. The van der Waals surface area contributed by atoms with E-state index in [4.69, 9.17) is 4.74 Å². The van der Waals surface area contributed by atoms with Crippen molar-refractivity contribution < 1.29 is 23.1 Å². The van der Waals surface area contributed by atoms with Crippen molar-refractivity contribution in [3.8, 4) is 16.3 Å². The minimum atomic E-state index is -0.877. The number of carbonyl (C=O) groups is 2. The van der Waals surface area contributed by atoms with Gasteiger partial charge in [-0.3, -0.25) is 14.9 Å². The zero-order valence-electron chi connectivity index (χ0n) is 15.5. The molecule has 152 valence electrons. The standard InChI is InChI=1S/C19H17F2N3O3S2/c1-10-18(16-6-4-13(29-16)8-22-11(2)25)24-19(28-10)23-17(26)9-27-15-5-3-12(20)7-14(15)21/h3-7H,8-9H2,1-2H3,(H,22,25)(H,23,24,26). The second kappa shape index (κ2) is 9.10. The molecule has 0 saturated heterocycles. The summed E-state index contributed by atoms with van der Waals surface area (Å²) in [5, 5.41) is 5.75. The Morgan fingerprint density at radius 3 is 2.69 bits per heavy atom. The van der Waals surface area contributed by atoms with Crippen molar-refractivity contribution in [2.75, 3.05) is 11.9 Å². The van der Waals surface area contributed by atoms with E-state index in [1.807, 2.05) is 19.1 Å². The highest BCUT2D eigenvalue weighted by atomic mass is 32.1. The van der Waals surface area contributed by atoms with Crippen molar-refractivity contribution >= 4 is 39.6 Å². The third kappa shape index (κ3) is 5.58. The minimum absolute atomic E-state index is 0.0995. The van der Waals surface area contributed by atoms with Crippen molar-refractivity contribution in [3.05, 3.63) is 51.7 Å². The summed E-state index contributed by atoms with van der Waals surface area (Å²) in [4.78, 5) is 30.4. The molecular weight excluding hydrogens is 420 g/mol. The van der Waals surface area contributed by atoms with E-state index in [0.717, 1.165) is 32.5 Å². The van der Waals surface area contributed by atoms with Crippen LogP contribution in [-0.2, 0) is 16.1 Å². The van der Waals surface area contributed by atoms with Gasteiger partial charge in [-0.05, 0) is 31.2 Å². The van der Waals surface area contributed by atoms with Crippen LogP contribution in [0.4, 0.5) is 13.9 Å². The number of ether oxygens (including phenoxy) is 1.